The summed E-state index contributed by atoms with van der Waals surface area (Å²) >= 11 is 0. The molecule has 5 aromatic rings. The van der Waals surface area contributed by atoms with E-state index in [9.17, 15) is 22.4 Å². The van der Waals surface area contributed by atoms with E-state index in [1.807, 2.05) is 6.92 Å². The van der Waals surface area contributed by atoms with Gasteiger partial charge in [0.1, 0.15) is 18.0 Å². The fourth-order valence-electron chi connectivity index (χ4n) is 4.85. The first-order valence-electron chi connectivity index (χ1n) is 13.7. The largest absolute Gasteiger partial charge is 0.327 e. The number of hydrogen-bond donors (Lipinski definition) is 0. The Morgan fingerprint density at radius 1 is 0.977 bits per heavy atom. The van der Waals surface area contributed by atoms with E-state index in [2.05, 4.69) is 16.3 Å². The molecule has 0 unspecified atom stereocenters. The Labute approximate surface area is 251 Å². The molecule has 4 aromatic carbocycles. The van der Waals surface area contributed by atoms with Crippen LogP contribution >= 0.6 is 0 Å². The number of rotatable bonds is 9. The Kier molecular flexibility index (Phi) is 8.58. The monoisotopic (exact) mass is 597 g/mol. The lowest BCUT2D eigenvalue weighted by atomic mass is 9.95. The summed E-state index contributed by atoms with van der Waals surface area (Å²) in [5.41, 5.74) is 3.48. The average molecular weight is 598 g/mol. The van der Waals surface area contributed by atoms with Crippen molar-refractivity contribution in [2.45, 2.75) is 39.4 Å². The normalized spacial score (nSPS) is 11.3. The summed E-state index contributed by atoms with van der Waals surface area (Å²) in [6.45, 7) is 2.74. The zero-order chi connectivity index (χ0) is 31.4. The number of alkyl halides is 2. The highest BCUT2D eigenvalue weighted by molar-refractivity contribution is 5.95. The number of hydrogen-bond acceptors (Lipinski definition) is 4. The SMILES string of the molecule is Cc1ccc(C(=O)N(Cc2ccc(F)cc2F)Cc2nncn2Cc2ccc(C#N)cc2)cc1-c1cccc(C(C)(F)F)c1. The first-order chi connectivity index (χ1) is 21.0. The zero-order valence-electron chi connectivity index (χ0n) is 23.9. The molecule has 6 nitrogen and oxygen atoms in total. The van der Waals surface area contributed by atoms with Gasteiger partial charge in [-0.3, -0.25) is 4.79 Å². The van der Waals surface area contributed by atoms with Crippen LogP contribution in [0.5, 0.6) is 0 Å². The minimum absolute atomic E-state index is 0.0628. The second-order valence-electron chi connectivity index (χ2n) is 10.6. The number of aryl methyl sites for hydroxylation is 1. The maximum atomic E-state index is 14.8. The van der Waals surface area contributed by atoms with E-state index in [0.717, 1.165) is 30.2 Å². The van der Waals surface area contributed by atoms with E-state index < -0.39 is 23.5 Å². The van der Waals surface area contributed by atoms with Crippen molar-refractivity contribution in [2.75, 3.05) is 0 Å². The Morgan fingerprint density at radius 2 is 1.75 bits per heavy atom. The summed E-state index contributed by atoms with van der Waals surface area (Å²) in [4.78, 5) is 15.4. The maximum Gasteiger partial charge on any atom is 0.270 e. The number of benzene rings is 4. The highest BCUT2D eigenvalue weighted by Crippen LogP contribution is 2.32. The van der Waals surface area contributed by atoms with Gasteiger partial charge in [-0.25, -0.2) is 17.6 Å². The third kappa shape index (κ3) is 6.84. The smallest absolute Gasteiger partial charge is 0.270 e. The molecule has 0 aliphatic rings. The second kappa shape index (κ2) is 12.5. The van der Waals surface area contributed by atoms with Crippen molar-refractivity contribution in [3.63, 3.8) is 0 Å². The van der Waals surface area contributed by atoms with Gasteiger partial charge in [0.2, 0.25) is 0 Å². The first-order valence-corrected chi connectivity index (χ1v) is 13.7. The molecule has 5 rings (SSSR count). The molecular weight excluding hydrogens is 570 g/mol. The summed E-state index contributed by atoms with van der Waals surface area (Å²) in [5, 5.41) is 17.3. The van der Waals surface area contributed by atoms with Gasteiger partial charge in [0.25, 0.3) is 11.8 Å². The molecule has 0 saturated carbocycles. The van der Waals surface area contributed by atoms with Crippen molar-refractivity contribution in [3.05, 3.63) is 142 Å². The number of halogens is 4. The Hall–Kier alpha value is -5.30. The number of carbonyl (C=O) groups excluding carboxylic acids is 1. The number of aromatic nitrogens is 3. The van der Waals surface area contributed by atoms with Gasteiger partial charge >= 0.3 is 0 Å². The highest BCUT2D eigenvalue weighted by atomic mass is 19.3. The molecule has 0 spiro atoms. The van der Waals surface area contributed by atoms with Gasteiger partial charge in [-0.15, -0.1) is 10.2 Å². The molecule has 44 heavy (non-hydrogen) atoms. The van der Waals surface area contributed by atoms with Crippen LogP contribution < -0.4 is 0 Å². The fourth-order valence-corrected chi connectivity index (χ4v) is 4.85. The minimum atomic E-state index is -3.04. The van der Waals surface area contributed by atoms with Gasteiger partial charge in [0, 0.05) is 36.2 Å². The summed E-state index contributed by atoms with van der Waals surface area (Å²) in [7, 11) is 0. The topological polar surface area (TPSA) is 74.8 Å². The van der Waals surface area contributed by atoms with Gasteiger partial charge in [-0.1, -0.05) is 42.5 Å². The van der Waals surface area contributed by atoms with Crippen molar-refractivity contribution in [1.82, 2.24) is 19.7 Å². The molecule has 1 aromatic heterocycles. The first kappa shape index (κ1) is 30.2. The van der Waals surface area contributed by atoms with Crippen LogP contribution in [-0.2, 0) is 25.6 Å². The van der Waals surface area contributed by atoms with Crippen molar-refractivity contribution in [3.8, 4) is 17.2 Å². The molecule has 0 aliphatic heterocycles. The van der Waals surface area contributed by atoms with Crippen molar-refractivity contribution in [1.29, 1.82) is 5.26 Å². The lowest BCUT2D eigenvalue weighted by Crippen LogP contribution is -2.32. The molecule has 0 aliphatic carbocycles. The number of amides is 1. The van der Waals surface area contributed by atoms with Crippen LogP contribution in [0.3, 0.4) is 0 Å². The van der Waals surface area contributed by atoms with Crippen LogP contribution in [0.25, 0.3) is 11.1 Å². The molecule has 0 atom stereocenters. The predicted octanol–water partition coefficient (Wildman–Crippen LogP) is 7.41. The molecule has 1 amide bonds. The zero-order valence-corrected chi connectivity index (χ0v) is 23.9. The van der Waals surface area contributed by atoms with E-state index in [1.54, 1.807) is 59.2 Å². The molecule has 0 N–H and O–H groups in total. The van der Waals surface area contributed by atoms with Crippen molar-refractivity contribution < 1.29 is 22.4 Å². The van der Waals surface area contributed by atoms with Crippen LogP contribution in [0.4, 0.5) is 17.6 Å². The molecule has 0 fully saturated rings. The maximum absolute atomic E-state index is 14.8. The van der Waals surface area contributed by atoms with Crippen LogP contribution in [0.15, 0.2) is 91.3 Å². The molecule has 222 valence electrons. The quantitative estimate of drug-likeness (QED) is 0.166. The summed E-state index contributed by atoms with van der Waals surface area (Å²) in [5.74, 6) is -4.64. The van der Waals surface area contributed by atoms with E-state index in [1.165, 1.54) is 29.4 Å². The fraction of sp³-hybridized carbons (Fsp3) is 0.176. The van der Waals surface area contributed by atoms with Gasteiger partial charge in [0.15, 0.2) is 5.82 Å². The van der Waals surface area contributed by atoms with E-state index >= 15 is 0 Å². The number of nitriles is 1. The van der Waals surface area contributed by atoms with Gasteiger partial charge in [-0.05, 0) is 65.6 Å². The Morgan fingerprint density at radius 3 is 2.45 bits per heavy atom. The molecule has 0 radical (unpaired) electrons. The highest BCUT2D eigenvalue weighted by Gasteiger charge is 2.25. The van der Waals surface area contributed by atoms with E-state index in [4.69, 9.17) is 5.26 Å². The minimum Gasteiger partial charge on any atom is -0.327 e. The van der Waals surface area contributed by atoms with Crippen LogP contribution in [0.1, 0.15) is 50.9 Å². The molecule has 0 bridgehead atoms. The number of carbonyl (C=O) groups is 1. The average Bonchev–Trinajstić information content (AvgIpc) is 3.44. The number of nitrogens with zero attached hydrogens (tertiary/aromatic N) is 5. The van der Waals surface area contributed by atoms with Crippen molar-refractivity contribution >= 4 is 5.91 Å². The third-order valence-corrected chi connectivity index (χ3v) is 7.29. The van der Waals surface area contributed by atoms with Crippen LogP contribution in [0.2, 0.25) is 0 Å². The Bertz CT molecular complexity index is 1860. The van der Waals surface area contributed by atoms with Crippen LogP contribution in [0, 0.1) is 29.9 Å². The third-order valence-electron chi connectivity index (χ3n) is 7.29. The van der Waals surface area contributed by atoms with E-state index in [0.29, 0.717) is 29.1 Å². The second-order valence-corrected chi connectivity index (χ2v) is 10.6. The summed E-state index contributed by atoms with van der Waals surface area (Å²) < 4.78 is 58.3. The molecule has 0 saturated heterocycles. The standard InChI is InChI=1S/C34H27F4N5O/c1-22-6-11-26(15-30(22)25-4-3-5-28(14-25)34(2,37)38)33(44)42(19-27-12-13-29(35)16-31(27)36)20-32-41-40-21-43(32)18-24-9-7-23(17-39)8-10-24/h3-16,21H,18-20H2,1-2H3. The summed E-state index contributed by atoms with van der Waals surface area (Å²) in [6.07, 6.45) is 1.51. The van der Waals surface area contributed by atoms with E-state index in [-0.39, 0.29) is 29.8 Å². The Balaban J connectivity index is 1.49. The van der Waals surface area contributed by atoms with Gasteiger partial charge in [0.05, 0.1) is 24.7 Å². The van der Waals surface area contributed by atoms with Crippen molar-refractivity contribution in [2.24, 2.45) is 0 Å². The lowest BCUT2D eigenvalue weighted by Gasteiger charge is -2.24. The van der Waals surface area contributed by atoms with Gasteiger partial charge in [-0.2, -0.15) is 5.26 Å². The van der Waals surface area contributed by atoms with Crippen LogP contribution in [-0.4, -0.2) is 25.6 Å². The predicted molar refractivity (Wildman–Crippen MR) is 156 cm³/mol. The molecular formula is C34H27F4N5O. The lowest BCUT2D eigenvalue weighted by molar-refractivity contribution is 0.0175. The molecule has 10 heteroatoms. The van der Waals surface area contributed by atoms with Gasteiger partial charge < -0.3 is 9.47 Å². The molecule has 1 heterocycles. The summed E-state index contributed by atoms with van der Waals surface area (Å²) in [6, 6.07) is 23.2.